The maximum Gasteiger partial charge on any atom is 0.328 e. The van der Waals surface area contributed by atoms with Crippen LogP contribution >= 0.6 is 0 Å². The minimum atomic E-state index is -0.967. The van der Waals surface area contributed by atoms with E-state index < -0.39 is 5.97 Å². The van der Waals surface area contributed by atoms with Gasteiger partial charge in [0.2, 0.25) is 0 Å². The van der Waals surface area contributed by atoms with Gasteiger partial charge in [0, 0.05) is 6.08 Å². The Morgan fingerprint density at radius 1 is 0.944 bits per heavy atom. The van der Waals surface area contributed by atoms with Crippen LogP contribution in [0.15, 0.2) is 54.6 Å². The van der Waals surface area contributed by atoms with E-state index in [0.29, 0.717) is 0 Å². The van der Waals surface area contributed by atoms with E-state index in [4.69, 9.17) is 5.11 Å². The zero-order valence-electron chi connectivity index (χ0n) is 9.54. The number of carbonyl (C=O) groups is 1. The van der Waals surface area contributed by atoms with Crippen molar-refractivity contribution in [1.82, 2.24) is 0 Å². The van der Waals surface area contributed by atoms with E-state index in [9.17, 15) is 9.90 Å². The summed E-state index contributed by atoms with van der Waals surface area (Å²) in [5.74, 6) is -0.982. The van der Waals surface area contributed by atoms with Gasteiger partial charge in [-0.1, -0.05) is 48.5 Å². The summed E-state index contributed by atoms with van der Waals surface area (Å²) < 4.78 is 0. The van der Waals surface area contributed by atoms with Gasteiger partial charge in [-0.15, -0.1) is 5.75 Å². The summed E-state index contributed by atoms with van der Waals surface area (Å²) in [6, 6.07) is 14.0. The van der Waals surface area contributed by atoms with Crippen molar-refractivity contribution in [3.05, 3.63) is 60.2 Å². The average Bonchev–Trinajstić information content (AvgIpc) is 2.38. The van der Waals surface area contributed by atoms with Crippen LogP contribution in [0.25, 0.3) is 17.2 Å². The van der Waals surface area contributed by atoms with Crippen molar-refractivity contribution in [3.8, 4) is 16.9 Å². The number of hydrogen-bond acceptors (Lipinski definition) is 2. The van der Waals surface area contributed by atoms with Crippen LogP contribution in [0.1, 0.15) is 5.56 Å². The van der Waals surface area contributed by atoms with E-state index in [2.05, 4.69) is 0 Å². The molecule has 1 N–H and O–H groups in total. The van der Waals surface area contributed by atoms with Gasteiger partial charge in [-0.3, -0.25) is 0 Å². The molecule has 0 aliphatic carbocycles. The van der Waals surface area contributed by atoms with Gasteiger partial charge in [0.05, 0.1) is 0 Å². The molecule has 0 fully saturated rings. The molecule has 90 valence electrons. The standard InChI is InChI=1S/C15H12O3/c16-14-8-6-13(7-9-14)12-4-1-11(2-5-12)3-10-15(17)18/h1-10,16H,(H,17,18)/p-1/b10-3+. The smallest absolute Gasteiger partial charge is 0.328 e. The van der Waals surface area contributed by atoms with E-state index in [1.165, 1.54) is 18.2 Å². The van der Waals surface area contributed by atoms with Gasteiger partial charge in [0.25, 0.3) is 0 Å². The predicted octanol–water partition coefficient (Wildman–Crippen LogP) is 2.53. The molecule has 0 bridgehead atoms. The fraction of sp³-hybridized carbons (Fsp3) is 0. The van der Waals surface area contributed by atoms with Crippen LogP contribution < -0.4 is 5.11 Å². The monoisotopic (exact) mass is 239 g/mol. The fourth-order valence-electron chi connectivity index (χ4n) is 1.60. The van der Waals surface area contributed by atoms with Gasteiger partial charge >= 0.3 is 5.97 Å². The lowest BCUT2D eigenvalue weighted by atomic mass is 10.0. The Morgan fingerprint density at radius 2 is 1.44 bits per heavy atom. The lowest BCUT2D eigenvalue weighted by Crippen LogP contribution is -1.88. The molecular weight excluding hydrogens is 228 g/mol. The molecule has 0 spiro atoms. The highest BCUT2D eigenvalue weighted by Gasteiger charge is 1.96. The summed E-state index contributed by atoms with van der Waals surface area (Å²) in [7, 11) is 0. The van der Waals surface area contributed by atoms with Gasteiger partial charge in [-0.25, -0.2) is 4.79 Å². The normalized spacial score (nSPS) is 10.7. The maximum absolute atomic E-state index is 11.0. The SMILES string of the molecule is O=C(O)/C=C/c1ccc(-c2ccc([O-])cc2)cc1. The zero-order valence-corrected chi connectivity index (χ0v) is 9.54. The molecule has 0 saturated heterocycles. The van der Waals surface area contributed by atoms with Crippen LogP contribution in [-0.4, -0.2) is 11.1 Å². The second-order valence-corrected chi connectivity index (χ2v) is 3.82. The topological polar surface area (TPSA) is 60.4 Å². The number of carboxylic acids is 1. The van der Waals surface area contributed by atoms with Crippen LogP contribution in [0.5, 0.6) is 5.75 Å². The third-order valence-electron chi connectivity index (χ3n) is 2.52. The fourth-order valence-corrected chi connectivity index (χ4v) is 1.60. The third-order valence-corrected chi connectivity index (χ3v) is 2.52. The van der Waals surface area contributed by atoms with E-state index in [1.807, 2.05) is 24.3 Å². The van der Waals surface area contributed by atoms with Crippen LogP contribution in [-0.2, 0) is 4.79 Å². The Bertz CT molecular complexity index is 566. The number of carboxylic acid groups (broad SMARTS) is 1. The molecule has 0 aliphatic heterocycles. The van der Waals surface area contributed by atoms with Crippen molar-refractivity contribution in [3.63, 3.8) is 0 Å². The molecule has 2 aromatic carbocycles. The quantitative estimate of drug-likeness (QED) is 0.837. The molecule has 2 rings (SSSR count). The summed E-state index contributed by atoms with van der Waals surface area (Å²) in [6.07, 6.45) is 2.63. The largest absolute Gasteiger partial charge is 0.872 e. The van der Waals surface area contributed by atoms with Crippen molar-refractivity contribution < 1.29 is 15.0 Å². The molecule has 0 radical (unpaired) electrons. The number of rotatable bonds is 3. The van der Waals surface area contributed by atoms with Crippen molar-refractivity contribution in [2.45, 2.75) is 0 Å². The van der Waals surface area contributed by atoms with Crippen molar-refractivity contribution >= 4 is 12.0 Å². The molecule has 0 amide bonds. The van der Waals surface area contributed by atoms with Crippen molar-refractivity contribution in [1.29, 1.82) is 0 Å². The molecule has 0 aromatic heterocycles. The lowest BCUT2D eigenvalue weighted by Gasteiger charge is -2.06. The van der Waals surface area contributed by atoms with Gasteiger partial charge in [-0.05, 0) is 22.8 Å². The first kappa shape index (κ1) is 11.9. The Morgan fingerprint density at radius 3 is 1.94 bits per heavy atom. The molecule has 0 atom stereocenters. The Labute approximate surface area is 105 Å². The van der Waals surface area contributed by atoms with E-state index in [0.717, 1.165) is 22.8 Å². The van der Waals surface area contributed by atoms with Crippen LogP contribution in [0.3, 0.4) is 0 Å². The molecule has 18 heavy (non-hydrogen) atoms. The Balaban J connectivity index is 2.22. The van der Waals surface area contributed by atoms with Gasteiger partial charge in [-0.2, -0.15) is 0 Å². The summed E-state index contributed by atoms with van der Waals surface area (Å²) in [6.45, 7) is 0. The first-order valence-corrected chi connectivity index (χ1v) is 5.44. The van der Waals surface area contributed by atoms with Crippen LogP contribution in [0.4, 0.5) is 0 Å². The summed E-state index contributed by atoms with van der Waals surface area (Å²) in [5.41, 5.74) is 2.77. The Hall–Kier alpha value is -2.55. The minimum Gasteiger partial charge on any atom is -0.872 e. The van der Waals surface area contributed by atoms with Crippen molar-refractivity contribution in [2.75, 3.05) is 0 Å². The first-order valence-electron chi connectivity index (χ1n) is 5.44. The first-order chi connectivity index (χ1) is 8.65. The molecule has 0 saturated carbocycles. The highest BCUT2D eigenvalue weighted by molar-refractivity contribution is 5.85. The van der Waals surface area contributed by atoms with Crippen molar-refractivity contribution in [2.24, 2.45) is 0 Å². The molecule has 0 heterocycles. The average molecular weight is 239 g/mol. The molecule has 2 aromatic rings. The van der Waals surface area contributed by atoms with E-state index in [-0.39, 0.29) is 5.75 Å². The maximum atomic E-state index is 11.0. The van der Waals surface area contributed by atoms with Gasteiger partial charge in [0.15, 0.2) is 0 Å². The second-order valence-electron chi connectivity index (χ2n) is 3.82. The summed E-state index contributed by atoms with van der Waals surface area (Å²) in [4.78, 5) is 10.4. The van der Waals surface area contributed by atoms with E-state index >= 15 is 0 Å². The number of benzene rings is 2. The third kappa shape index (κ3) is 2.98. The van der Waals surface area contributed by atoms with Gasteiger partial charge in [0.1, 0.15) is 0 Å². The molecule has 0 unspecified atom stereocenters. The molecular formula is C15H11O3-. The zero-order chi connectivity index (χ0) is 13.0. The summed E-state index contributed by atoms with van der Waals surface area (Å²) in [5, 5.41) is 19.5. The van der Waals surface area contributed by atoms with Gasteiger partial charge < -0.3 is 10.2 Å². The predicted molar refractivity (Wildman–Crippen MR) is 68.0 cm³/mol. The van der Waals surface area contributed by atoms with Crippen LogP contribution in [0, 0.1) is 0 Å². The molecule has 3 heteroatoms. The second kappa shape index (κ2) is 5.19. The lowest BCUT2D eigenvalue weighted by molar-refractivity contribution is -0.268. The number of hydrogen-bond donors (Lipinski definition) is 1. The Kier molecular flexibility index (Phi) is 3.44. The number of aliphatic carboxylic acids is 1. The van der Waals surface area contributed by atoms with Crippen LogP contribution in [0.2, 0.25) is 0 Å². The molecule has 3 nitrogen and oxygen atoms in total. The summed E-state index contributed by atoms with van der Waals surface area (Å²) >= 11 is 0. The highest BCUT2D eigenvalue weighted by atomic mass is 16.4. The minimum absolute atomic E-state index is 0.0141. The highest BCUT2D eigenvalue weighted by Crippen LogP contribution is 2.21. The molecule has 0 aliphatic rings. The van der Waals surface area contributed by atoms with E-state index in [1.54, 1.807) is 12.1 Å².